The molecule has 0 amide bonds. The first-order chi connectivity index (χ1) is 10.8. The highest BCUT2D eigenvalue weighted by Crippen LogP contribution is 2.27. The fraction of sp³-hybridized carbons (Fsp3) is 0.421. The molecule has 0 bridgehead atoms. The third-order valence-corrected chi connectivity index (χ3v) is 4.62. The molecule has 0 unspecified atom stereocenters. The quantitative estimate of drug-likeness (QED) is 0.889. The van der Waals surface area contributed by atoms with Gasteiger partial charge in [-0.1, -0.05) is 30.3 Å². The van der Waals surface area contributed by atoms with Gasteiger partial charge in [-0.2, -0.15) is 0 Å². The third-order valence-electron chi connectivity index (χ3n) is 4.62. The van der Waals surface area contributed by atoms with Gasteiger partial charge < -0.3 is 5.11 Å². The van der Waals surface area contributed by atoms with Gasteiger partial charge >= 0.3 is 0 Å². The normalized spacial score (nSPS) is 20.1. The maximum absolute atomic E-state index is 10.4. The number of hydrogen-bond donors (Lipinski definition) is 1. The van der Waals surface area contributed by atoms with Crippen molar-refractivity contribution < 1.29 is 5.11 Å². The molecule has 1 aromatic heterocycles. The minimum atomic E-state index is -0.354. The molecule has 1 saturated heterocycles. The number of aliphatic hydroxyl groups is 1. The minimum Gasteiger partial charge on any atom is -0.388 e. The highest BCUT2D eigenvalue weighted by molar-refractivity contribution is 5.17. The first kappa shape index (κ1) is 15.2. The lowest BCUT2D eigenvalue weighted by molar-refractivity contribution is 0.121. The summed E-state index contributed by atoms with van der Waals surface area (Å²) in [4.78, 5) is 6.60. The molecule has 3 rings (SSSR count). The average molecular weight is 296 g/mol. The van der Waals surface area contributed by atoms with Crippen LogP contribution in [0.1, 0.15) is 36.5 Å². The van der Waals surface area contributed by atoms with Gasteiger partial charge in [-0.15, -0.1) is 0 Å². The van der Waals surface area contributed by atoms with Crippen LogP contribution in [0.25, 0.3) is 0 Å². The number of aromatic nitrogens is 1. The first-order valence-corrected chi connectivity index (χ1v) is 8.19. The van der Waals surface area contributed by atoms with E-state index >= 15 is 0 Å². The SMILES string of the molecule is O[C@H](C[C@@H]1CCCN1CCc1ccncc1)c1ccccc1. The molecule has 1 aliphatic heterocycles. The Labute approximate surface area is 132 Å². The van der Waals surface area contributed by atoms with Crippen molar-refractivity contribution in [3.05, 3.63) is 66.0 Å². The summed E-state index contributed by atoms with van der Waals surface area (Å²) in [6.07, 6.45) is 7.68. The first-order valence-electron chi connectivity index (χ1n) is 8.19. The second-order valence-electron chi connectivity index (χ2n) is 6.10. The molecular formula is C19H24N2O. The Hall–Kier alpha value is -1.71. The molecule has 0 radical (unpaired) electrons. The Balaban J connectivity index is 1.54. The van der Waals surface area contributed by atoms with E-state index in [1.54, 1.807) is 0 Å². The highest BCUT2D eigenvalue weighted by Gasteiger charge is 2.26. The van der Waals surface area contributed by atoms with Gasteiger partial charge in [0, 0.05) is 25.0 Å². The van der Waals surface area contributed by atoms with Gasteiger partial charge in [-0.3, -0.25) is 9.88 Å². The van der Waals surface area contributed by atoms with E-state index in [2.05, 4.69) is 22.0 Å². The van der Waals surface area contributed by atoms with Gasteiger partial charge in [0.15, 0.2) is 0 Å². The highest BCUT2D eigenvalue weighted by atomic mass is 16.3. The van der Waals surface area contributed by atoms with E-state index in [1.807, 2.05) is 42.7 Å². The van der Waals surface area contributed by atoms with Crippen LogP contribution >= 0.6 is 0 Å². The molecule has 116 valence electrons. The molecule has 2 aromatic rings. The third kappa shape index (κ3) is 3.93. The summed E-state index contributed by atoms with van der Waals surface area (Å²) in [5.41, 5.74) is 2.37. The van der Waals surface area contributed by atoms with Crippen LogP contribution in [-0.4, -0.2) is 34.1 Å². The van der Waals surface area contributed by atoms with Crippen LogP contribution in [0.3, 0.4) is 0 Å². The second kappa shape index (κ2) is 7.52. The van der Waals surface area contributed by atoms with Gasteiger partial charge in [0.2, 0.25) is 0 Å². The standard InChI is InChI=1S/C19H24N2O/c22-19(17-5-2-1-3-6-17)15-18-7-4-13-21(18)14-10-16-8-11-20-12-9-16/h1-3,5-6,8-9,11-12,18-19,22H,4,7,10,13-15H2/t18-,19+/m0/s1. The Bertz CT molecular complexity index is 558. The molecule has 3 nitrogen and oxygen atoms in total. The van der Waals surface area contributed by atoms with Gasteiger partial charge in [0.25, 0.3) is 0 Å². The van der Waals surface area contributed by atoms with Crippen molar-refractivity contribution in [1.82, 2.24) is 9.88 Å². The molecule has 1 aromatic carbocycles. The number of nitrogens with zero attached hydrogens (tertiary/aromatic N) is 2. The number of pyridine rings is 1. The molecule has 1 aliphatic rings. The number of aliphatic hydroxyl groups excluding tert-OH is 1. The van der Waals surface area contributed by atoms with Crippen molar-refractivity contribution in [2.45, 2.75) is 37.8 Å². The molecule has 22 heavy (non-hydrogen) atoms. The summed E-state index contributed by atoms with van der Waals surface area (Å²) in [6, 6.07) is 14.7. The van der Waals surface area contributed by atoms with E-state index in [9.17, 15) is 5.11 Å². The lowest BCUT2D eigenvalue weighted by atomic mass is 10.0. The number of hydrogen-bond acceptors (Lipinski definition) is 3. The predicted molar refractivity (Wildman–Crippen MR) is 88.6 cm³/mol. The Morgan fingerprint density at radius 1 is 1.14 bits per heavy atom. The molecule has 0 saturated carbocycles. The van der Waals surface area contributed by atoms with E-state index < -0.39 is 0 Å². The zero-order valence-corrected chi connectivity index (χ0v) is 12.9. The van der Waals surface area contributed by atoms with E-state index in [1.165, 1.54) is 18.4 Å². The van der Waals surface area contributed by atoms with E-state index in [0.29, 0.717) is 6.04 Å². The van der Waals surface area contributed by atoms with Crippen molar-refractivity contribution in [1.29, 1.82) is 0 Å². The summed E-state index contributed by atoms with van der Waals surface area (Å²) in [5.74, 6) is 0. The van der Waals surface area contributed by atoms with E-state index in [0.717, 1.165) is 31.5 Å². The average Bonchev–Trinajstić information content (AvgIpc) is 3.02. The Morgan fingerprint density at radius 2 is 1.91 bits per heavy atom. The van der Waals surface area contributed by atoms with Gasteiger partial charge in [-0.25, -0.2) is 0 Å². The lowest BCUT2D eigenvalue weighted by Gasteiger charge is -2.26. The number of benzene rings is 1. The van der Waals surface area contributed by atoms with Crippen LogP contribution in [-0.2, 0) is 6.42 Å². The topological polar surface area (TPSA) is 36.4 Å². The maximum atomic E-state index is 10.4. The number of rotatable bonds is 6. The van der Waals surface area contributed by atoms with Gasteiger partial charge in [-0.05, 0) is 55.5 Å². The molecular weight excluding hydrogens is 272 g/mol. The minimum absolute atomic E-state index is 0.354. The van der Waals surface area contributed by atoms with Crippen LogP contribution in [0.15, 0.2) is 54.9 Å². The van der Waals surface area contributed by atoms with Crippen LogP contribution in [0.5, 0.6) is 0 Å². The molecule has 2 heterocycles. The summed E-state index contributed by atoms with van der Waals surface area (Å²) in [7, 11) is 0. The summed E-state index contributed by atoms with van der Waals surface area (Å²) < 4.78 is 0. The van der Waals surface area contributed by atoms with Gasteiger partial charge in [0.05, 0.1) is 6.10 Å². The van der Waals surface area contributed by atoms with Crippen molar-refractivity contribution in [3.63, 3.8) is 0 Å². The van der Waals surface area contributed by atoms with Crippen LogP contribution < -0.4 is 0 Å². The smallest absolute Gasteiger partial charge is 0.0805 e. The molecule has 1 fully saturated rings. The summed E-state index contributed by atoms with van der Waals surface area (Å²) in [6.45, 7) is 2.22. The fourth-order valence-corrected chi connectivity index (χ4v) is 3.35. The van der Waals surface area contributed by atoms with Crippen molar-refractivity contribution in [2.75, 3.05) is 13.1 Å². The van der Waals surface area contributed by atoms with Gasteiger partial charge in [0.1, 0.15) is 0 Å². The molecule has 0 spiro atoms. The van der Waals surface area contributed by atoms with E-state index in [-0.39, 0.29) is 6.10 Å². The van der Waals surface area contributed by atoms with Crippen molar-refractivity contribution in [3.8, 4) is 0 Å². The predicted octanol–water partition coefficient (Wildman–Crippen LogP) is 3.21. The van der Waals surface area contributed by atoms with E-state index in [4.69, 9.17) is 0 Å². The van der Waals surface area contributed by atoms with Crippen molar-refractivity contribution in [2.24, 2.45) is 0 Å². The zero-order chi connectivity index (χ0) is 15.2. The van der Waals surface area contributed by atoms with Crippen LogP contribution in [0.2, 0.25) is 0 Å². The maximum Gasteiger partial charge on any atom is 0.0805 e. The van der Waals surface area contributed by atoms with Crippen LogP contribution in [0, 0.1) is 0 Å². The largest absolute Gasteiger partial charge is 0.388 e. The Kier molecular flexibility index (Phi) is 5.20. The molecule has 3 heteroatoms. The zero-order valence-electron chi connectivity index (χ0n) is 12.9. The monoisotopic (exact) mass is 296 g/mol. The molecule has 1 N–H and O–H groups in total. The molecule has 0 aliphatic carbocycles. The Morgan fingerprint density at radius 3 is 2.68 bits per heavy atom. The molecule has 2 atom stereocenters. The van der Waals surface area contributed by atoms with Crippen LogP contribution in [0.4, 0.5) is 0 Å². The summed E-state index contributed by atoms with van der Waals surface area (Å²) >= 11 is 0. The number of likely N-dealkylation sites (tertiary alicyclic amines) is 1. The second-order valence-corrected chi connectivity index (χ2v) is 6.10. The lowest BCUT2D eigenvalue weighted by Crippen LogP contribution is -2.32. The van der Waals surface area contributed by atoms with Crippen molar-refractivity contribution >= 4 is 0 Å². The summed E-state index contributed by atoms with van der Waals surface area (Å²) in [5, 5.41) is 10.4. The fourth-order valence-electron chi connectivity index (χ4n) is 3.35.